The van der Waals surface area contributed by atoms with Crippen molar-refractivity contribution in [2.24, 2.45) is 5.14 Å². The van der Waals surface area contributed by atoms with Crippen molar-refractivity contribution in [2.75, 3.05) is 5.73 Å². The lowest BCUT2D eigenvalue weighted by atomic mass is 10.3. The van der Waals surface area contributed by atoms with Crippen molar-refractivity contribution < 1.29 is 21.6 Å². The molecule has 4 N–H and O–H groups in total. The average Bonchev–Trinajstić information content (AvgIpc) is 2.92. The maximum absolute atomic E-state index is 10.7. The number of hydrogen-bond donors (Lipinski definition) is 2. The summed E-state index contributed by atoms with van der Waals surface area (Å²) in [7, 11) is -3.58. The van der Waals surface area contributed by atoms with Crippen LogP contribution in [0.15, 0.2) is 60.5 Å². The number of anilines is 1. The van der Waals surface area contributed by atoms with Crippen molar-refractivity contribution in [1.82, 2.24) is 9.55 Å². The molecule has 0 atom stereocenters. The average molecular weight is 350 g/mol. The minimum atomic E-state index is -3.67. The Labute approximate surface area is 132 Å². The molecule has 0 unspecified atom stereocenters. The molecular weight excluding hydrogens is 333 g/mol. The van der Waals surface area contributed by atoms with Crippen molar-refractivity contribution in [1.29, 1.82) is 0 Å². The first-order chi connectivity index (χ1) is 10.7. The molecule has 0 bridgehead atoms. The molecule has 0 aliphatic rings. The van der Waals surface area contributed by atoms with Crippen LogP contribution < -0.4 is 10.9 Å². The normalized spacial score (nSPS) is 10.1. The van der Waals surface area contributed by atoms with E-state index in [1.54, 1.807) is 12.5 Å². The first kappa shape index (κ1) is 20.7. The third-order valence-electron chi connectivity index (χ3n) is 2.11. The number of halogens is 3. The highest BCUT2D eigenvalue weighted by molar-refractivity contribution is 7.89. The number of benzene rings is 1. The zero-order valence-corrected chi connectivity index (χ0v) is 12.8. The second kappa shape index (κ2) is 10.4. The summed E-state index contributed by atoms with van der Waals surface area (Å²) in [5, 5.41) is 4.84. The molecular formula is C13H17F3N4O2S. The number of primary sulfonamides is 1. The number of nitrogen functional groups attached to an aromatic ring is 1. The third kappa shape index (κ3) is 11.0. The highest BCUT2D eigenvalue weighted by Crippen LogP contribution is 2.08. The van der Waals surface area contributed by atoms with Crippen LogP contribution in [0.5, 0.6) is 0 Å². The molecule has 2 rings (SSSR count). The van der Waals surface area contributed by atoms with Gasteiger partial charge in [-0.15, -0.1) is 6.58 Å². The van der Waals surface area contributed by atoms with Crippen LogP contribution in [-0.4, -0.2) is 24.6 Å². The van der Waals surface area contributed by atoms with Crippen molar-refractivity contribution in [3.63, 3.8) is 0 Å². The summed E-state index contributed by atoms with van der Waals surface area (Å²) < 4.78 is 52.3. The smallest absolute Gasteiger partial charge is 0.379 e. The molecule has 128 valence electrons. The number of nitrogens with zero attached hydrogens (tertiary/aromatic N) is 2. The molecule has 0 saturated heterocycles. The largest absolute Gasteiger partial charge is 0.399 e. The van der Waals surface area contributed by atoms with E-state index in [-0.39, 0.29) is 4.90 Å². The minimum Gasteiger partial charge on any atom is -0.399 e. The standard InChI is InChI=1S/C6H8N2O2S.C6H8N2.CHF3/c7-5-1-3-6(4-2-5)11(8,9)10;1-2-4-8-5-3-7-6-8;2-1(3)4/h1-4H,7H2,(H2,8,9,10);2-3,5-6H,1,4H2;1H. The summed E-state index contributed by atoms with van der Waals surface area (Å²) in [5.74, 6) is 0. The lowest BCUT2D eigenvalue weighted by Crippen LogP contribution is -2.11. The molecule has 6 nitrogen and oxygen atoms in total. The monoisotopic (exact) mass is 350 g/mol. The Morgan fingerprint density at radius 2 is 1.78 bits per heavy atom. The molecule has 0 saturated carbocycles. The number of hydrogen-bond acceptors (Lipinski definition) is 4. The van der Waals surface area contributed by atoms with E-state index in [1.165, 1.54) is 24.3 Å². The molecule has 1 aromatic carbocycles. The zero-order valence-electron chi connectivity index (χ0n) is 12.0. The van der Waals surface area contributed by atoms with Gasteiger partial charge in [0.15, 0.2) is 0 Å². The number of sulfonamides is 1. The quantitative estimate of drug-likeness (QED) is 0.654. The van der Waals surface area contributed by atoms with Gasteiger partial charge in [-0.05, 0) is 24.3 Å². The SMILES string of the molecule is C=CCn1ccnc1.FC(F)F.Nc1ccc(S(N)(=O)=O)cc1. The van der Waals surface area contributed by atoms with Gasteiger partial charge in [-0.3, -0.25) is 0 Å². The summed E-state index contributed by atoms with van der Waals surface area (Å²) in [5.41, 5.74) is 5.85. The first-order valence-electron chi connectivity index (χ1n) is 6.04. The Balaban J connectivity index is 0.000000354. The molecule has 23 heavy (non-hydrogen) atoms. The summed E-state index contributed by atoms with van der Waals surface area (Å²) in [4.78, 5) is 3.93. The van der Waals surface area contributed by atoms with Gasteiger partial charge < -0.3 is 10.3 Å². The molecule has 0 fully saturated rings. The molecule has 10 heteroatoms. The fraction of sp³-hybridized carbons (Fsp3) is 0.154. The van der Waals surface area contributed by atoms with E-state index in [4.69, 9.17) is 10.9 Å². The predicted molar refractivity (Wildman–Crippen MR) is 81.8 cm³/mol. The summed E-state index contributed by atoms with van der Waals surface area (Å²) >= 11 is 0. The lowest BCUT2D eigenvalue weighted by Gasteiger charge is -1.96. The Bertz CT molecular complexity index is 656. The third-order valence-corrected chi connectivity index (χ3v) is 3.04. The second-order valence-electron chi connectivity index (χ2n) is 3.91. The molecule has 0 amide bonds. The molecule has 2 aromatic rings. The highest BCUT2D eigenvalue weighted by atomic mass is 32.2. The van der Waals surface area contributed by atoms with Crippen LogP contribution in [0.3, 0.4) is 0 Å². The van der Waals surface area contributed by atoms with Crippen molar-refractivity contribution in [3.05, 3.63) is 55.6 Å². The van der Waals surface area contributed by atoms with Gasteiger partial charge in [0.05, 0.1) is 11.2 Å². The Morgan fingerprint density at radius 3 is 2.13 bits per heavy atom. The number of nitrogens with two attached hydrogens (primary N) is 2. The number of allylic oxidation sites excluding steroid dienone is 1. The maximum atomic E-state index is 10.7. The Hall–Kier alpha value is -2.33. The fourth-order valence-corrected chi connectivity index (χ4v) is 1.72. The van der Waals surface area contributed by atoms with Gasteiger partial charge >= 0.3 is 6.68 Å². The van der Waals surface area contributed by atoms with Crippen LogP contribution in [0.2, 0.25) is 0 Å². The van der Waals surface area contributed by atoms with Crippen LogP contribution in [-0.2, 0) is 16.6 Å². The van der Waals surface area contributed by atoms with E-state index in [9.17, 15) is 21.6 Å². The topological polar surface area (TPSA) is 104 Å². The van der Waals surface area contributed by atoms with E-state index in [2.05, 4.69) is 11.6 Å². The number of rotatable bonds is 3. The van der Waals surface area contributed by atoms with E-state index in [0.29, 0.717) is 5.69 Å². The predicted octanol–water partition coefficient (Wildman–Crippen LogP) is 2.16. The van der Waals surface area contributed by atoms with Crippen molar-refractivity contribution >= 4 is 15.7 Å². The second-order valence-corrected chi connectivity index (χ2v) is 5.47. The van der Waals surface area contributed by atoms with E-state index in [0.717, 1.165) is 6.54 Å². The molecule has 0 radical (unpaired) electrons. The van der Waals surface area contributed by atoms with Gasteiger partial charge in [0, 0.05) is 24.6 Å². The van der Waals surface area contributed by atoms with Gasteiger partial charge in [-0.1, -0.05) is 6.08 Å². The number of aromatic nitrogens is 2. The van der Waals surface area contributed by atoms with Gasteiger partial charge in [-0.2, -0.15) is 13.2 Å². The summed E-state index contributed by atoms with van der Waals surface area (Å²) in [6, 6.07) is 5.70. The van der Waals surface area contributed by atoms with E-state index >= 15 is 0 Å². The van der Waals surface area contributed by atoms with Gasteiger partial charge in [-0.25, -0.2) is 18.5 Å². The van der Waals surface area contributed by atoms with Gasteiger partial charge in [0.1, 0.15) is 0 Å². The zero-order chi connectivity index (χ0) is 17.9. The fourth-order valence-electron chi connectivity index (χ4n) is 1.20. The van der Waals surface area contributed by atoms with Crippen LogP contribution in [0, 0.1) is 0 Å². The van der Waals surface area contributed by atoms with Crippen molar-refractivity contribution in [2.45, 2.75) is 18.1 Å². The molecule has 0 aliphatic heterocycles. The van der Waals surface area contributed by atoms with Crippen molar-refractivity contribution in [3.8, 4) is 0 Å². The molecule has 1 aromatic heterocycles. The highest BCUT2D eigenvalue weighted by Gasteiger charge is 2.04. The molecule has 0 aliphatic carbocycles. The van der Waals surface area contributed by atoms with Crippen LogP contribution >= 0.6 is 0 Å². The lowest BCUT2D eigenvalue weighted by molar-refractivity contribution is 0.00819. The first-order valence-corrected chi connectivity index (χ1v) is 7.58. The van der Waals surface area contributed by atoms with Crippen LogP contribution in [0.25, 0.3) is 0 Å². The van der Waals surface area contributed by atoms with E-state index in [1.807, 2.05) is 16.8 Å². The number of alkyl halides is 3. The van der Waals surface area contributed by atoms with Gasteiger partial charge in [0.2, 0.25) is 10.0 Å². The van der Waals surface area contributed by atoms with Gasteiger partial charge in [0.25, 0.3) is 0 Å². The molecule has 0 spiro atoms. The summed E-state index contributed by atoms with van der Waals surface area (Å²) in [6.07, 6.45) is 7.26. The van der Waals surface area contributed by atoms with E-state index < -0.39 is 16.7 Å². The van der Waals surface area contributed by atoms with Crippen LogP contribution in [0.1, 0.15) is 0 Å². The van der Waals surface area contributed by atoms with Crippen LogP contribution in [0.4, 0.5) is 18.9 Å². The minimum absolute atomic E-state index is 0.0756. The molecule has 1 heterocycles. The Morgan fingerprint density at radius 1 is 1.26 bits per heavy atom. The Kier molecular flexibility index (Phi) is 9.35. The number of imidazole rings is 1. The maximum Gasteiger partial charge on any atom is 0.379 e. The summed E-state index contributed by atoms with van der Waals surface area (Å²) in [6.45, 7) is 0.768.